The number of pyridine rings is 1. The average molecular weight is 295 g/mol. The first-order valence-corrected chi connectivity index (χ1v) is 7.56. The van der Waals surface area contributed by atoms with E-state index in [0.717, 1.165) is 30.9 Å². The van der Waals surface area contributed by atoms with Crippen molar-refractivity contribution < 1.29 is 0 Å². The largest absolute Gasteiger partial charge is 0.329 e. The first-order chi connectivity index (χ1) is 10.8. The van der Waals surface area contributed by atoms with Crippen LogP contribution >= 0.6 is 0 Å². The second-order valence-electron chi connectivity index (χ2n) is 5.63. The van der Waals surface area contributed by atoms with E-state index in [9.17, 15) is 4.79 Å². The van der Waals surface area contributed by atoms with Gasteiger partial charge >= 0.3 is 0 Å². The first-order valence-electron chi connectivity index (χ1n) is 7.56. The van der Waals surface area contributed by atoms with Crippen LogP contribution in [0.4, 0.5) is 0 Å². The smallest absolute Gasteiger partial charge is 0.257 e. The van der Waals surface area contributed by atoms with Crippen molar-refractivity contribution in [2.45, 2.75) is 18.8 Å². The van der Waals surface area contributed by atoms with E-state index < -0.39 is 0 Å². The lowest BCUT2D eigenvalue weighted by molar-refractivity contribution is 0.448. The van der Waals surface area contributed by atoms with Crippen LogP contribution in [0.3, 0.4) is 0 Å². The second-order valence-corrected chi connectivity index (χ2v) is 5.63. The monoisotopic (exact) mass is 295 g/mol. The summed E-state index contributed by atoms with van der Waals surface area (Å²) in [5.74, 6) is 0.432. The first kappa shape index (κ1) is 13.2. The van der Waals surface area contributed by atoms with Crippen molar-refractivity contribution in [3.63, 3.8) is 0 Å². The SMILES string of the molecule is O=c1[nH]cccc1-c1cc2nccc(C3CCCNC3)n2n1. The molecule has 0 aromatic carbocycles. The van der Waals surface area contributed by atoms with Crippen LogP contribution in [0.25, 0.3) is 16.9 Å². The van der Waals surface area contributed by atoms with Gasteiger partial charge < -0.3 is 10.3 Å². The van der Waals surface area contributed by atoms with Crippen LogP contribution in [-0.4, -0.2) is 32.7 Å². The third-order valence-electron chi connectivity index (χ3n) is 4.20. The molecule has 6 nitrogen and oxygen atoms in total. The summed E-state index contributed by atoms with van der Waals surface area (Å²) in [6, 6.07) is 7.48. The molecular formula is C16H17N5O. The minimum Gasteiger partial charge on any atom is -0.329 e. The normalized spacial score (nSPS) is 18.6. The second kappa shape index (κ2) is 5.38. The van der Waals surface area contributed by atoms with E-state index in [4.69, 9.17) is 0 Å². The average Bonchev–Trinajstić information content (AvgIpc) is 3.00. The van der Waals surface area contributed by atoms with Crippen molar-refractivity contribution >= 4 is 5.65 Å². The lowest BCUT2D eigenvalue weighted by Gasteiger charge is -2.23. The molecule has 4 rings (SSSR count). The van der Waals surface area contributed by atoms with Gasteiger partial charge in [-0.05, 0) is 37.6 Å². The van der Waals surface area contributed by atoms with Crippen molar-refractivity contribution in [3.05, 3.63) is 52.7 Å². The summed E-state index contributed by atoms with van der Waals surface area (Å²) in [5, 5.41) is 8.05. The van der Waals surface area contributed by atoms with Gasteiger partial charge in [-0.15, -0.1) is 0 Å². The van der Waals surface area contributed by atoms with Gasteiger partial charge in [0.2, 0.25) is 0 Å². The summed E-state index contributed by atoms with van der Waals surface area (Å²) in [6.07, 6.45) is 5.76. The number of fused-ring (bicyclic) bond motifs is 1. The van der Waals surface area contributed by atoms with Gasteiger partial charge in [-0.1, -0.05) is 0 Å². The van der Waals surface area contributed by atoms with E-state index in [-0.39, 0.29) is 5.56 Å². The number of nitrogens with one attached hydrogen (secondary N) is 2. The zero-order valence-electron chi connectivity index (χ0n) is 12.1. The lowest BCUT2D eigenvalue weighted by atomic mass is 9.96. The third-order valence-corrected chi connectivity index (χ3v) is 4.20. The van der Waals surface area contributed by atoms with Crippen molar-refractivity contribution in [2.75, 3.05) is 13.1 Å². The summed E-state index contributed by atoms with van der Waals surface area (Å²) in [7, 11) is 0. The fourth-order valence-corrected chi connectivity index (χ4v) is 3.08. The van der Waals surface area contributed by atoms with E-state index in [1.54, 1.807) is 18.3 Å². The maximum atomic E-state index is 11.9. The van der Waals surface area contributed by atoms with Gasteiger partial charge in [-0.3, -0.25) is 4.79 Å². The van der Waals surface area contributed by atoms with Crippen molar-refractivity contribution in [1.29, 1.82) is 0 Å². The topological polar surface area (TPSA) is 75.1 Å². The predicted octanol–water partition coefficient (Wildman–Crippen LogP) is 1.55. The molecule has 22 heavy (non-hydrogen) atoms. The maximum Gasteiger partial charge on any atom is 0.257 e. The predicted molar refractivity (Wildman–Crippen MR) is 83.9 cm³/mol. The summed E-state index contributed by atoms with van der Waals surface area (Å²) < 4.78 is 1.87. The molecule has 0 bridgehead atoms. The fraction of sp³-hybridized carbons (Fsp3) is 0.312. The van der Waals surface area contributed by atoms with Gasteiger partial charge in [0, 0.05) is 30.9 Å². The Morgan fingerprint density at radius 2 is 2.27 bits per heavy atom. The number of hydrogen-bond acceptors (Lipinski definition) is 4. The third kappa shape index (κ3) is 2.21. The van der Waals surface area contributed by atoms with Crippen LogP contribution in [0.5, 0.6) is 0 Å². The Labute approximate surface area is 127 Å². The van der Waals surface area contributed by atoms with E-state index in [1.165, 1.54) is 6.42 Å². The molecule has 3 aromatic rings. The Balaban J connectivity index is 1.84. The highest BCUT2D eigenvalue weighted by Crippen LogP contribution is 2.24. The van der Waals surface area contributed by atoms with E-state index in [2.05, 4.69) is 20.4 Å². The molecule has 0 amide bonds. The van der Waals surface area contributed by atoms with Crippen LogP contribution in [0, 0.1) is 0 Å². The molecule has 1 unspecified atom stereocenters. The lowest BCUT2D eigenvalue weighted by Crippen LogP contribution is -2.29. The molecule has 0 aliphatic carbocycles. The number of H-pyrrole nitrogens is 1. The highest BCUT2D eigenvalue weighted by atomic mass is 16.1. The van der Waals surface area contributed by atoms with Gasteiger partial charge in [0.15, 0.2) is 5.65 Å². The van der Waals surface area contributed by atoms with Crippen LogP contribution in [0.15, 0.2) is 41.5 Å². The molecule has 1 atom stereocenters. The molecule has 3 aromatic heterocycles. The zero-order chi connectivity index (χ0) is 14.9. The fourth-order valence-electron chi connectivity index (χ4n) is 3.08. The Hall–Kier alpha value is -2.47. The molecule has 4 heterocycles. The zero-order valence-corrected chi connectivity index (χ0v) is 12.1. The Kier molecular flexibility index (Phi) is 3.23. The van der Waals surface area contributed by atoms with Gasteiger partial charge in [0.25, 0.3) is 5.56 Å². The van der Waals surface area contributed by atoms with Crippen LogP contribution < -0.4 is 10.9 Å². The standard InChI is InChI=1S/C16H17N5O/c22-16-12(4-2-7-19-16)13-9-15-18-8-5-14(21(15)20-13)11-3-1-6-17-10-11/h2,4-5,7-9,11,17H,1,3,6,10H2,(H,19,22). The van der Waals surface area contributed by atoms with Crippen molar-refractivity contribution in [1.82, 2.24) is 24.9 Å². The quantitative estimate of drug-likeness (QED) is 0.752. The van der Waals surface area contributed by atoms with Gasteiger partial charge in [0.1, 0.15) is 5.69 Å². The highest BCUT2D eigenvalue weighted by Gasteiger charge is 2.19. The molecule has 0 spiro atoms. The minimum absolute atomic E-state index is 0.133. The number of piperidine rings is 1. The summed E-state index contributed by atoms with van der Waals surface area (Å²) in [6.45, 7) is 2.04. The van der Waals surface area contributed by atoms with Gasteiger partial charge in [0.05, 0.1) is 11.3 Å². The van der Waals surface area contributed by atoms with E-state index >= 15 is 0 Å². The Bertz CT molecular complexity index is 860. The van der Waals surface area contributed by atoms with Gasteiger partial charge in [-0.2, -0.15) is 5.10 Å². The van der Waals surface area contributed by atoms with Crippen LogP contribution in [0.2, 0.25) is 0 Å². The molecule has 112 valence electrons. The number of nitrogens with zero attached hydrogens (tertiary/aromatic N) is 3. The molecule has 1 fully saturated rings. The van der Waals surface area contributed by atoms with Crippen LogP contribution in [0.1, 0.15) is 24.5 Å². The molecule has 0 saturated carbocycles. The van der Waals surface area contributed by atoms with E-state index in [0.29, 0.717) is 17.2 Å². The summed E-state index contributed by atoms with van der Waals surface area (Å²) in [4.78, 5) is 19.0. The number of aromatic amines is 1. The van der Waals surface area contributed by atoms with Crippen molar-refractivity contribution in [3.8, 4) is 11.3 Å². The van der Waals surface area contributed by atoms with Crippen LogP contribution in [-0.2, 0) is 0 Å². The number of rotatable bonds is 2. The molecule has 0 radical (unpaired) electrons. The molecular weight excluding hydrogens is 278 g/mol. The summed E-state index contributed by atoms with van der Waals surface area (Å²) in [5.41, 5.74) is 3.02. The molecule has 2 N–H and O–H groups in total. The molecule has 1 saturated heterocycles. The van der Waals surface area contributed by atoms with E-state index in [1.807, 2.05) is 22.8 Å². The molecule has 1 aliphatic heterocycles. The summed E-state index contributed by atoms with van der Waals surface area (Å²) >= 11 is 0. The number of aromatic nitrogens is 4. The minimum atomic E-state index is -0.133. The molecule has 1 aliphatic rings. The maximum absolute atomic E-state index is 11.9. The van der Waals surface area contributed by atoms with Crippen molar-refractivity contribution in [2.24, 2.45) is 0 Å². The van der Waals surface area contributed by atoms with Gasteiger partial charge in [-0.25, -0.2) is 9.50 Å². The number of hydrogen-bond donors (Lipinski definition) is 2. The Morgan fingerprint density at radius 3 is 3.09 bits per heavy atom. The molecule has 6 heteroatoms. The highest BCUT2D eigenvalue weighted by molar-refractivity contribution is 5.63. The Morgan fingerprint density at radius 1 is 1.32 bits per heavy atom.